The average Bonchev–Trinajstić information content (AvgIpc) is 3.10. The minimum atomic E-state index is 0.566. The highest BCUT2D eigenvalue weighted by Crippen LogP contribution is 2.29. The molecule has 0 atom stereocenters. The van der Waals surface area contributed by atoms with E-state index in [9.17, 15) is 0 Å². The maximum atomic E-state index is 5.16. The molecule has 0 amide bonds. The van der Waals surface area contributed by atoms with Gasteiger partial charge in [0.1, 0.15) is 0 Å². The van der Waals surface area contributed by atoms with Gasteiger partial charge in [-0.3, -0.25) is 0 Å². The van der Waals surface area contributed by atoms with Crippen LogP contribution in [-0.4, -0.2) is 45.5 Å². The fraction of sp³-hybridized carbons (Fsp3) is 0.684. The van der Waals surface area contributed by atoms with E-state index in [0.29, 0.717) is 17.8 Å². The van der Waals surface area contributed by atoms with Gasteiger partial charge in [-0.25, -0.2) is 0 Å². The van der Waals surface area contributed by atoms with Crippen molar-refractivity contribution in [2.24, 2.45) is 0 Å². The van der Waals surface area contributed by atoms with Crippen LogP contribution >= 0.6 is 0 Å². The smallest absolute Gasteiger partial charge is 0.223 e. The zero-order valence-electron chi connectivity index (χ0n) is 15.7. The summed E-state index contributed by atoms with van der Waals surface area (Å²) in [6, 6.07) is 3.33. The number of anilines is 1. The molecule has 0 aromatic carbocycles. The van der Waals surface area contributed by atoms with Gasteiger partial charge in [-0.05, 0) is 38.7 Å². The molecule has 140 valence electrons. The summed E-state index contributed by atoms with van der Waals surface area (Å²) in [5, 5.41) is 16.7. The molecule has 2 aromatic heterocycles. The number of aromatic nitrogens is 4. The topological polar surface area (TPSA) is 80.0 Å². The second-order valence-electron chi connectivity index (χ2n) is 7.62. The predicted molar refractivity (Wildman–Crippen MR) is 100 cm³/mol. The van der Waals surface area contributed by atoms with Crippen molar-refractivity contribution in [2.45, 2.75) is 70.9 Å². The van der Waals surface area contributed by atoms with Crippen LogP contribution in [0.2, 0.25) is 0 Å². The molecule has 1 N–H and O–H groups in total. The van der Waals surface area contributed by atoms with Crippen LogP contribution in [-0.2, 0) is 0 Å². The summed E-state index contributed by atoms with van der Waals surface area (Å²) in [6.07, 6.45) is 9.11. The first-order valence-electron chi connectivity index (χ1n) is 9.85. The number of rotatable bonds is 4. The molecule has 1 saturated heterocycles. The van der Waals surface area contributed by atoms with E-state index in [1.165, 1.54) is 32.1 Å². The normalized spacial score (nSPS) is 19.8. The third-order valence-electron chi connectivity index (χ3n) is 5.54. The lowest BCUT2D eigenvalue weighted by Gasteiger charge is -2.36. The Balaban J connectivity index is 1.44. The second-order valence-corrected chi connectivity index (χ2v) is 7.62. The summed E-state index contributed by atoms with van der Waals surface area (Å²) in [6.45, 7) is 5.70. The molecule has 0 radical (unpaired) electrons. The summed E-state index contributed by atoms with van der Waals surface area (Å²) in [4.78, 5) is 6.70. The van der Waals surface area contributed by atoms with E-state index in [-0.39, 0.29) is 0 Å². The number of aryl methyl sites for hydroxylation is 2. The van der Waals surface area contributed by atoms with Crippen LogP contribution in [0.15, 0.2) is 10.6 Å². The fourth-order valence-electron chi connectivity index (χ4n) is 4.15. The van der Waals surface area contributed by atoms with Gasteiger partial charge in [0.25, 0.3) is 0 Å². The third kappa shape index (κ3) is 3.87. The van der Waals surface area contributed by atoms with Gasteiger partial charge >= 0.3 is 0 Å². The predicted octanol–water partition coefficient (Wildman–Crippen LogP) is 3.03. The largest absolute Gasteiger partial charge is 0.354 e. The van der Waals surface area contributed by atoms with E-state index in [2.05, 4.69) is 30.6 Å². The van der Waals surface area contributed by atoms with Crippen LogP contribution in [0.5, 0.6) is 0 Å². The minimum absolute atomic E-state index is 0.566. The molecular formula is C19H28N6O. The van der Waals surface area contributed by atoms with Gasteiger partial charge in [0.05, 0.1) is 11.3 Å². The Morgan fingerprint density at radius 1 is 1.00 bits per heavy atom. The Morgan fingerprint density at radius 2 is 1.73 bits per heavy atom. The van der Waals surface area contributed by atoms with Crippen molar-refractivity contribution in [3.63, 3.8) is 0 Å². The standard InChI is InChI=1S/C19H28N6O/c1-13-12-17(18-20-14(2)26-24-18)19(23-22-13)25-10-8-16(9-11-25)21-15-6-4-3-5-7-15/h12,15-16,21H,3-11H2,1-2H3. The van der Waals surface area contributed by atoms with Gasteiger partial charge in [0.15, 0.2) is 5.82 Å². The lowest BCUT2D eigenvalue weighted by Crippen LogP contribution is -2.47. The molecule has 26 heavy (non-hydrogen) atoms. The van der Waals surface area contributed by atoms with Gasteiger partial charge in [-0.15, -0.1) is 5.10 Å². The molecule has 3 heterocycles. The second kappa shape index (κ2) is 7.70. The summed E-state index contributed by atoms with van der Waals surface area (Å²) < 4.78 is 5.16. The molecule has 0 spiro atoms. The third-order valence-corrected chi connectivity index (χ3v) is 5.54. The zero-order valence-corrected chi connectivity index (χ0v) is 15.7. The molecule has 1 saturated carbocycles. The molecule has 7 heteroatoms. The van der Waals surface area contributed by atoms with E-state index in [1.807, 2.05) is 13.0 Å². The van der Waals surface area contributed by atoms with Crippen molar-refractivity contribution in [1.29, 1.82) is 0 Å². The van der Waals surface area contributed by atoms with Crippen LogP contribution in [0.4, 0.5) is 5.82 Å². The van der Waals surface area contributed by atoms with Crippen molar-refractivity contribution in [3.05, 3.63) is 17.7 Å². The van der Waals surface area contributed by atoms with Gasteiger partial charge in [-0.2, -0.15) is 10.1 Å². The van der Waals surface area contributed by atoms with E-state index in [0.717, 1.165) is 49.0 Å². The van der Waals surface area contributed by atoms with Gasteiger partial charge < -0.3 is 14.7 Å². The lowest BCUT2D eigenvalue weighted by molar-refractivity contribution is 0.307. The van der Waals surface area contributed by atoms with Crippen molar-refractivity contribution in [2.75, 3.05) is 18.0 Å². The molecule has 2 fully saturated rings. The van der Waals surface area contributed by atoms with Crippen LogP contribution in [0.1, 0.15) is 56.5 Å². The highest BCUT2D eigenvalue weighted by Gasteiger charge is 2.26. The monoisotopic (exact) mass is 356 g/mol. The molecule has 4 rings (SSSR count). The highest BCUT2D eigenvalue weighted by molar-refractivity contribution is 5.70. The number of hydrogen-bond acceptors (Lipinski definition) is 7. The average molecular weight is 356 g/mol. The maximum absolute atomic E-state index is 5.16. The Kier molecular flexibility index (Phi) is 5.15. The first kappa shape index (κ1) is 17.4. The maximum Gasteiger partial charge on any atom is 0.223 e. The van der Waals surface area contributed by atoms with Crippen molar-refractivity contribution >= 4 is 5.82 Å². The van der Waals surface area contributed by atoms with Crippen LogP contribution in [0.25, 0.3) is 11.4 Å². The molecule has 0 bridgehead atoms. The van der Waals surface area contributed by atoms with Crippen LogP contribution < -0.4 is 10.2 Å². The Hall–Kier alpha value is -2.02. The molecule has 2 aliphatic rings. The first-order valence-corrected chi connectivity index (χ1v) is 9.85. The van der Waals surface area contributed by atoms with Crippen molar-refractivity contribution in [3.8, 4) is 11.4 Å². The number of nitrogens with zero attached hydrogens (tertiary/aromatic N) is 5. The Labute approximate surface area is 154 Å². The molecule has 2 aromatic rings. The Morgan fingerprint density at radius 3 is 2.42 bits per heavy atom. The quantitative estimate of drug-likeness (QED) is 0.902. The molecule has 7 nitrogen and oxygen atoms in total. The zero-order chi connectivity index (χ0) is 17.9. The van der Waals surface area contributed by atoms with Gasteiger partial charge in [0, 0.05) is 32.1 Å². The SMILES string of the molecule is Cc1cc(-c2noc(C)n2)c(N2CCC(NC3CCCCC3)CC2)nn1. The minimum Gasteiger partial charge on any atom is -0.354 e. The van der Waals surface area contributed by atoms with Gasteiger partial charge in [-0.1, -0.05) is 24.4 Å². The van der Waals surface area contributed by atoms with E-state index < -0.39 is 0 Å². The summed E-state index contributed by atoms with van der Waals surface area (Å²) in [5.74, 6) is 2.03. The van der Waals surface area contributed by atoms with E-state index in [1.54, 1.807) is 6.92 Å². The molecule has 1 aliphatic heterocycles. The summed E-state index contributed by atoms with van der Waals surface area (Å²) in [5.41, 5.74) is 1.77. The molecule has 1 aliphatic carbocycles. The lowest BCUT2D eigenvalue weighted by atomic mass is 9.93. The highest BCUT2D eigenvalue weighted by atomic mass is 16.5. The summed E-state index contributed by atoms with van der Waals surface area (Å²) >= 11 is 0. The van der Waals surface area contributed by atoms with Crippen molar-refractivity contribution < 1.29 is 4.52 Å². The number of piperidine rings is 1. The first-order chi connectivity index (χ1) is 12.7. The number of hydrogen-bond donors (Lipinski definition) is 1. The Bertz CT molecular complexity index is 731. The van der Waals surface area contributed by atoms with E-state index >= 15 is 0 Å². The van der Waals surface area contributed by atoms with Crippen molar-refractivity contribution in [1.82, 2.24) is 25.7 Å². The summed E-state index contributed by atoms with van der Waals surface area (Å²) in [7, 11) is 0. The van der Waals surface area contributed by atoms with E-state index in [4.69, 9.17) is 4.52 Å². The van der Waals surface area contributed by atoms with Crippen LogP contribution in [0.3, 0.4) is 0 Å². The van der Waals surface area contributed by atoms with Gasteiger partial charge in [0.2, 0.25) is 11.7 Å². The molecule has 0 unspecified atom stereocenters. The molecular weight excluding hydrogens is 328 g/mol. The van der Waals surface area contributed by atoms with Crippen LogP contribution in [0, 0.1) is 13.8 Å². The fourth-order valence-corrected chi connectivity index (χ4v) is 4.15. The number of nitrogens with one attached hydrogen (secondary N) is 1.